The minimum Gasteiger partial charge on any atom is -0.269 e. The van der Waals surface area contributed by atoms with Crippen LogP contribution in [-0.4, -0.2) is 15.5 Å². The van der Waals surface area contributed by atoms with E-state index in [0.717, 1.165) is 22.2 Å². The average molecular weight is 359 g/mol. The molecule has 0 unspecified atom stereocenters. The van der Waals surface area contributed by atoms with Crippen LogP contribution in [0, 0.1) is 0 Å². The topological polar surface area (TPSA) is 34.9 Å². The van der Waals surface area contributed by atoms with Gasteiger partial charge in [-0.3, -0.25) is 9.36 Å². The molecule has 0 saturated carbocycles. The number of hydrogen-bond acceptors (Lipinski definition) is 2. The second-order valence-corrected chi connectivity index (χ2v) is 6.23. The van der Waals surface area contributed by atoms with Gasteiger partial charge in [-0.05, 0) is 35.9 Å². The molecule has 126 valence electrons. The predicted octanol–water partition coefficient (Wildman–Crippen LogP) is 5.71. The molecule has 4 heteroatoms. The first-order valence-electron chi connectivity index (χ1n) is 8.24. The summed E-state index contributed by atoms with van der Waals surface area (Å²) < 4.78 is 1.61. The number of benzene rings is 3. The Morgan fingerprint density at radius 3 is 2.38 bits per heavy atom. The van der Waals surface area contributed by atoms with Gasteiger partial charge in [0.15, 0.2) is 0 Å². The van der Waals surface area contributed by atoms with Crippen molar-refractivity contribution in [3.8, 4) is 11.4 Å². The summed E-state index contributed by atoms with van der Waals surface area (Å²) in [6.07, 6.45) is 3.36. The summed E-state index contributed by atoms with van der Waals surface area (Å²) in [5.74, 6) is 0.372. The molecule has 0 bridgehead atoms. The second kappa shape index (κ2) is 6.98. The zero-order chi connectivity index (χ0) is 17.9. The molecule has 26 heavy (non-hydrogen) atoms. The van der Waals surface area contributed by atoms with Crippen LogP contribution in [0.15, 0.2) is 84.9 Å². The van der Waals surface area contributed by atoms with Crippen LogP contribution in [0.2, 0.25) is 5.02 Å². The number of fused-ring (bicyclic) bond motifs is 1. The Balaban J connectivity index is 1.85. The summed E-state index contributed by atoms with van der Waals surface area (Å²) in [6.45, 7) is 0. The lowest BCUT2D eigenvalue weighted by Gasteiger charge is -2.07. The maximum Gasteiger partial charge on any atom is 0.256 e. The zero-order valence-electron chi connectivity index (χ0n) is 13.8. The SMILES string of the molecule is O=C(/C=C/c1ccccc1)n1c(-c2ccccc2Cl)nc2ccccc21. The first kappa shape index (κ1) is 16.3. The molecular weight excluding hydrogens is 344 g/mol. The predicted molar refractivity (Wildman–Crippen MR) is 106 cm³/mol. The number of halogens is 1. The fourth-order valence-electron chi connectivity index (χ4n) is 2.88. The van der Waals surface area contributed by atoms with Crippen LogP contribution in [0.5, 0.6) is 0 Å². The summed E-state index contributed by atoms with van der Waals surface area (Å²) in [5, 5.41) is 0.559. The molecule has 0 radical (unpaired) electrons. The van der Waals surface area contributed by atoms with E-state index >= 15 is 0 Å². The van der Waals surface area contributed by atoms with E-state index in [2.05, 4.69) is 4.98 Å². The Bertz CT molecular complexity index is 1110. The third-order valence-electron chi connectivity index (χ3n) is 4.11. The van der Waals surface area contributed by atoms with E-state index in [1.165, 1.54) is 0 Å². The third kappa shape index (κ3) is 3.05. The number of allylic oxidation sites excluding steroid dienone is 1. The molecule has 0 N–H and O–H groups in total. The lowest BCUT2D eigenvalue weighted by Crippen LogP contribution is -2.09. The van der Waals surface area contributed by atoms with Gasteiger partial charge in [-0.1, -0.05) is 66.2 Å². The van der Waals surface area contributed by atoms with Gasteiger partial charge in [-0.25, -0.2) is 4.98 Å². The lowest BCUT2D eigenvalue weighted by molar-refractivity contribution is 0.0976. The number of carbonyl (C=O) groups excluding carboxylic acids is 1. The first-order chi connectivity index (χ1) is 12.7. The highest BCUT2D eigenvalue weighted by Crippen LogP contribution is 2.30. The molecule has 3 aromatic carbocycles. The molecule has 0 saturated heterocycles. The molecule has 0 aliphatic carbocycles. The van der Waals surface area contributed by atoms with Gasteiger partial charge in [0.05, 0.1) is 16.1 Å². The molecular formula is C22H15ClN2O. The van der Waals surface area contributed by atoms with Crippen molar-refractivity contribution in [1.29, 1.82) is 0 Å². The summed E-state index contributed by atoms with van der Waals surface area (Å²) >= 11 is 6.35. The van der Waals surface area contributed by atoms with Crippen LogP contribution in [0.3, 0.4) is 0 Å². The highest BCUT2D eigenvalue weighted by atomic mass is 35.5. The number of rotatable bonds is 3. The maximum absolute atomic E-state index is 13.0. The average Bonchev–Trinajstić information content (AvgIpc) is 3.06. The van der Waals surface area contributed by atoms with Crippen LogP contribution < -0.4 is 0 Å². The van der Waals surface area contributed by atoms with Gasteiger partial charge >= 0.3 is 0 Å². The molecule has 0 aliphatic heterocycles. The Morgan fingerprint density at radius 1 is 0.885 bits per heavy atom. The van der Waals surface area contributed by atoms with Crippen molar-refractivity contribution >= 4 is 34.6 Å². The third-order valence-corrected chi connectivity index (χ3v) is 4.44. The summed E-state index contributed by atoms with van der Waals surface area (Å²) in [4.78, 5) is 17.6. The minimum absolute atomic E-state index is 0.169. The minimum atomic E-state index is -0.169. The Labute approximate surface area is 156 Å². The van der Waals surface area contributed by atoms with Crippen LogP contribution in [0.4, 0.5) is 0 Å². The van der Waals surface area contributed by atoms with Crippen LogP contribution in [0.25, 0.3) is 28.5 Å². The van der Waals surface area contributed by atoms with Gasteiger partial charge < -0.3 is 0 Å². The first-order valence-corrected chi connectivity index (χ1v) is 8.62. The van der Waals surface area contributed by atoms with Crippen LogP contribution in [0.1, 0.15) is 10.4 Å². The zero-order valence-corrected chi connectivity index (χ0v) is 14.6. The van der Waals surface area contributed by atoms with E-state index in [-0.39, 0.29) is 5.91 Å². The molecule has 0 spiro atoms. The van der Waals surface area contributed by atoms with E-state index in [0.29, 0.717) is 10.8 Å². The Morgan fingerprint density at radius 2 is 1.58 bits per heavy atom. The van der Waals surface area contributed by atoms with Crippen LogP contribution >= 0.6 is 11.6 Å². The van der Waals surface area contributed by atoms with Gasteiger partial charge in [0.1, 0.15) is 5.82 Å². The van der Waals surface area contributed by atoms with Crippen molar-refractivity contribution in [3.05, 3.63) is 95.5 Å². The van der Waals surface area contributed by atoms with E-state index in [9.17, 15) is 4.79 Å². The molecule has 4 rings (SSSR count). The number of para-hydroxylation sites is 2. The molecule has 0 amide bonds. The normalized spacial score (nSPS) is 11.3. The van der Waals surface area contributed by atoms with Crippen molar-refractivity contribution in [3.63, 3.8) is 0 Å². The van der Waals surface area contributed by atoms with E-state index < -0.39 is 0 Å². The summed E-state index contributed by atoms with van der Waals surface area (Å²) in [6, 6.07) is 24.7. The number of hydrogen-bond donors (Lipinski definition) is 0. The number of carbonyl (C=O) groups is 1. The Kier molecular flexibility index (Phi) is 4.38. The van der Waals surface area contributed by atoms with Gasteiger partial charge in [0.25, 0.3) is 5.91 Å². The molecule has 0 atom stereocenters. The Hall–Kier alpha value is -3.17. The molecule has 1 heterocycles. The monoisotopic (exact) mass is 358 g/mol. The molecule has 1 aromatic heterocycles. The summed E-state index contributed by atoms with van der Waals surface area (Å²) in [7, 11) is 0. The highest BCUT2D eigenvalue weighted by molar-refractivity contribution is 6.33. The maximum atomic E-state index is 13.0. The number of imidazole rings is 1. The van der Waals surface area contributed by atoms with Crippen molar-refractivity contribution in [1.82, 2.24) is 9.55 Å². The standard InChI is InChI=1S/C22H15ClN2O/c23-18-11-5-4-10-17(18)22-24-19-12-6-7-13-20(19)25(22)21(26)15-14-16-8-2-1-3-9-16/h1-15H/b15-14+. The van der Waals surface area contributed by atoms with E-state index in [4.69, 9.17) is 11.6 Å². The highest BCUT2D eigenvalue weighted by Gasteiger charge is 2.18. The lowest BCUT2D eigenvalue weighted by atomic mass is 10.2. The molecule has 3 nitrogen and oxygen atoms in total. The van der Waals surface area contributed by atoms with Crippen molar-refractivity contribution < 1.29 is 4.79 Å². The van der Waals surface area contributed by atoms with E-state index in [1.54, 1.807) is 22.8 Å². The smallest absolute Gasteiger partial charge is 0.256 e. The van der Waals surface area contributed by atoms with Crippen molar-refractivity contribution in [2.75, 3.05) is 0 Å². The fourth-order valence-corrected chi connectivity index (χ4v) is 3.10. The van der Waals surface area contributed by atoms with E-state index in [1.807, 2.05) is 72.8 Å². The largest absolute Gasteiger partial charge is 0.269 e. The number of aromatic nitrogens is 2. The quantitative estimate of drug-likeness (QED) is 0.439. The fraction of sp³-hybridized carbons (Fsp3) is 0. The molecule has 0 fully saturated rings. The van der Waals surface area contributed by atoms with Gasteiger partial charge in [-0.2, -0.15) is 0 Å². The second-order valence-electron chi connectivity index (χ2n) is 5.82. The van der Waals surface area contributed by atoms with Gasteiger partial charge in [-0.15, -0.1) is 0 Å². The van der Waals surface area contributed by atoms with Crippen LogP contribution in [-0.2, 0) is 0 Å². The van der Waals surface area contributed by atoms with Gasteiger partial charge in [0, 0.05) is 11.6 Å². The molecule has 0 aliphatic rings. The molecule has 4 aromatic rings. The van der Waals surface area contributed by atoms with Crippen molar-refractivity contribution in [2.45, 2.75) is 0 Å². The van der Waals surface area contributed by atoms with Crippen molar-refractivity contribution in [2.24, 2.45) is 0 Å². The summed E-state index contributed by atoms with van der Waals surface area (Å²) in [5.41, 5.74) is 3.20. The number of nitrogens with zero attached hydrogens (tertiary/aromatic N) is 2. The van der Waals surface area contributed by atoms with Gasteiger partial charge in [0.2, 0.25) is 0 Å².